The van der Waals surface area contributed by atoms with Crippen LogP contribution in [0.5, 0.6) is 0 Å². The van der Waals surface area contributed by atoms with Crippen LogP contribution >= 0.6 is 11.6 Å². The first-order valence-corrected chi connectivity index (χ1v) is 7.29. The van der Waals surface area contributed by atoms with Crippen LogP contribution in [-0.4, -0.2) is 47.1 Å². The molecule has 2 aliphatic rings. The summed E-state index contributed by atoms with van der Waals surface area (Å²) in [6, 6.07) is 0.737. The van der Waals surface area contributed by atoms with Gasteiger partial charge in [0.25, 0.3) is 0 Å². The van der Waals surface area contributed by atoms with Gasteiger partial charge in [0.05, 0.1) is 6.20 Å². The summed E-state index contributed by atoms with van der Waals surface area (Å²) in [6.45, 7) is 3.57. The first-order valence-electron chi connectivity index (χ1n) is 6.91. The lowest BCUT2D eigenvalue weighted by Crippen LogP contribution is -2.50. The molecule has 4 nitrogen and oxygen atoms in total. The maximum absolute atomic E-state index is 13.7. The molecule has 0 N–H and O–H groups in total. The van der Waals surface area contributed by atoms with Gasteiger partial charge in [0.2, 0.25) is 5.28 Å². The maximum atomic E-state index is 13.7. The SMILES string of the molecule is Fc1cnc(Cl)nc1N1CCN(C2CCCC2)CC1. The molecule has 6 heteroatoms. The van der Waals surface area contributed by atoms with Crippen LogP contribution < -0.4 is 4.90 Å². The molecule has 0 unspecified atom stereocenters. The van der Waals surface area contributed by atoms with Gasteiger partial charge in [-0.25, -0.2) is 9.37 Å². The van der Waals surface area contributed by atoms with Gasteiger partial charge < -0.3 is 4.90 Å². The van der Waals surface area contributed by atoms with Crippen LogP contribution in [-0.2, 0) is 0 Å². The predicted molar refractivity (Wildman–Crippen MR) is 73.0 cm³/mol. The molecule has 0 amide bonds. The molecule has 0 spiro atoms. The van der Waals surface area contributed by atoms with Crippen LogP contribution in [0.3, 0.4) is 0 Å². The van der Waals surface area contributed by atoms with Crippen LogP contribution in [0.25, 0.3) is 0 Å². The smallest absolute Gasteiger partial charge is 0.224 e. The van der Waals surface area contributed by atoms with Crippen LogP contribution in [0.15, 0.2) is 6.20 Å². The highest BCUT2D eigenvalue weighted by molar-refractivity contribution is 6.28. The van der Waals surface area contributed by atoms with Gasteiger partial charge in [0.1, 0.15) is 0 Å². The minimum Gasteiger partial charge on any atom is -0.351 e. The van der Waals surface area contributed by atoms with Gasteiger partial charge in [0, 0.05) is 32.2 Å². The molecule has 0 radical (unpaired) electrons. The Labute approximate surface area is 117 Å². The van der Waals surface area contributed by atoms with Crippen LogP contribution in [0.4, 0.5) is 10.2 Å². The second-order valence-electron chi connectivity index (χ2n) is 5.27. The molecule has 0 bridgehead atoms. The Morgan fingerprint density at radius 1 is 1.16 bits per heavy atom. The molecule has 0 atom stereocenters. The Bertz CT molecular complexity index is 442. The van der Waals surface area contributed by atoms with E-state index in [2.05, 4.69) is 14.9 Å². The van der Waals surface area contributed by atoms with E-state index in [1.165, 1.54) is 25.7 Å². The Balaban J connectivity index is 1.64. The average molecular weight is 285 g/mol. The van der Waals surface area contributed by atoms with E-state index < -0.39 is 5.82 Å². The van der Waals surface area contributed by atoms with Crippen LogP contribution in [0.1, 0.15) is 25.7 Å². The zero-order valence-electron chi connectivity index (χ0n) is 10.9. The molecule has 104 valence electrons. The molecule has 2 heterocycles. The second-order valence-corrected chi connectivity index (χ2v) is 5.61. The third kappa shape index (κ3) is 2.82. The zero-order valence-corrected chi connectivity index (χ0v) is 11.6. The van der Waals surface area contributed by atoms with E-state index in [1.807, 2.05) is 4.90 Å². The van der Waals surface area contributed by atoms with Crippen molar-refractivity contribution in [1.82, 2.24) is 14.9 Å². The lowest BCUT2D eigenvalue weighted by molar-refractivity contribution is 0.187. The van der Waals surface area contributed by atoms with Crippen molar-refractivity contribution in [3.63, 3.8) is 0 Å². The van der Waals surface area contributed by atoms with Crippen LogP contribution in [0, 0.1) is 5.82 Å². The lowest BCUT2D eigenvalue weighted by atomic mass is 10.2. The monoisotopic (exact) mass is 284 g/mol. The second kappa shape index (κ2) is 5.59. The fourth-order valence-corrected chi connectivity index (χ4v) is 3.26. The third-order valence-corrected chi connectivity index (χ3v) is 4.33. The quantitative estimate of drug-likeness (QED) is 0.781. The van der Waals surface area contributed by atoms with Gasteiger partial charge in [-0.05, 0) is 24.4 Å². The summed E-state index contributed by atoms with van der Waals surface area (Å²) in [5.41, 5.74) is 0. The average Bonchev–Trinajstić information content (AvgIpc) is 2.96. The predicted octanol–water partition coefficient (Wildman–Crippen LogP) is 2.33. The van der Waals surface area contributed by atoms with Gasteiger partial charge in [-0.3, -0.25) is 4.90 Å². The summed E-state index contributed by atoms with van der Waals surface area (Å²) in [6.07, 6.45) is 6.47. The molecule has 1 saturated heterocycles. The number of rotatable bonds is 2. The van der Waals surface area contributed by atoms with Crippen molar-refractivity contribution in [3.05, 3.63) is 17.3 Å². The summed E-state index contributed by atoms with van der Waals surface area (Å²) < 4.78 is 13.7. The molecule has 1 aliphatic carbocycles. The number of hydrogen-bond acceptors (Lipinski definition) is 4. The number of piperazine rings is 1. The number of anilines is 1. The van der Waals surface area contributed by atoms with Crippen molar-refractivity contribution in [1.29, 1.82) is 0 Å². The number of halogens is 2. The first kappa shape index (κ1) is 13.1. The van der Waals surface area contributed by atoms with Crippen molar-refractivity contribution >= 4 is 17.4 Å². The molecule has 1 saturated carbocycles. The van der Waals surface area contributed by atoms with E-state index in [4.69, 9.17) is 11.6 Å². The van der Waals surface area contributed by atoms with Gasteiger partial charge in [-0.1, -0.05) is 12.8 Å². The van der Waals surface area contributed by atoms with E-state index in [1.54, 1.807) is 0 Å². The fourth-order valence-electron chi connectivity index (χ4n) is 3.13. The third-order valence-electron chi connectivity index (χ3n) is 4.15. The lowest BCUT2D eigenvalue weighted by Gasteiger charge is -2.38. The summed E-state index contributed by atoms with van der Waals surface area (Å²) >= 11 is 5.74. The molecule has 19 heavy (non-hydrogen) atoms. The van der Waals surface area contributed by atoms with E-state index in [0.29, 0.717) is 5.82 Å². The van der Waals surface area contributed by atoms with Gasteiger partial charge in [-0.2, -0.15) is 4.98 Å². The Morgan fingerprint density at radius 2 is 1.84 bits per heavy atom. The molecular formula is C13H18ClFN4. The molecule has 0 aromatic carbocycles. The molecule has 3 rings (SSSR count). The molecule has 1 aromatic heterocycles. The van der Waals surface area contributed by atoms with Crippen molar-refractivity contribution in [2.75, 3.05) is 31.1 Å². The van der Waals surface area contributed by atoms with E-state index >= 15 is 0 Å². The highest BCUT2D eigenvalue weighted by atomic mass is 35.5. The first-order chi connectivity index (χ1) is 9.24. The van der Waals surface area contributed by atoms with Crippen LogP contribution in [0.2, 0.25) is 5.28 Å². The number of hydrogen-bond donors (Lipinski definition) is 0. The molecule has 1 aliphatic heterocycles. The molecule has 1 aromatic rings. The van der Waals surface area contributed by atoms with Crippen molar-refractivity contribution < 1.29 is 4.39 Å². The highest BCUT2D eigenvalue weighted by Crippen LogP contribution is 2.26. The Hall–Kier alpha value is -0.940. The Kier molecular flexibility index (Phi) is 3.84. The minimum absolute atomic E-state index is 0.106. The van der Waals surface area contributed by atoms with Crippen molar-refractivity contribution in [2.24, 2.45) is 0 Å². The van der Waals surface area contributed by atoms with Gasteiger partial charge >= 0.3 is 0 Å². The van der Waals surface area contributed by atoms with E-state index in [-0.39, 0.29) is 5.28 Å². The molecule has 2 fully saturated rings. The van der Waals surface area contributed by atoms with E-state index in [0.717, 1.165) is 38.4 Å². The summed E-state index contributed by atoms with van der Waals surface area (Å²) in [7, 11) is 0. The standard InChI is InChI=1S/C13H18ClFN4/c14-13-16-9-11(15)12(17-13)19-7-5-18(6-8-19)10-3-1-2-4-10/h9-10H,1-8H2. The Morgan fingerprint density at radius 3 is 2.53 bits per heavy atom. The molecular weight excluding hydrogens is 267 g/mol. The minimum atomic E-state index is -0.390. The zero-order chi connectivity index (χ0) is 13.2. The summed E-state index contributed by atoms with van der Waals surface area (Å²) in [4.78, 5) is 12.2. The van der Waals surface area contributed by atoms with Gasteiger partial charge in [0.15, 0.2) is 11.6 Å². The summed E-state index contributed by atoms with van der Waals surface area (Å²) in [5, 5.41) is 0.106. The fraction of sp³-hybridized carbons (Fsp3) is 0.692. The number of nitrogens with zero attached hydrogens (tertiary/aromatic N) is 4. The van der Waals surface area contributed by atoms with Crippen molar-refractivity contribution in [3.8, 4) is 0 Å². The largest absolute Gasteiger partial charge is 0.351 e. The topological polar surface area (TPSA) is 32.3 Å². The maximum Gasteiger partial charge on any atom is 0.224 e. The number of aromatic nitrogens is 2. The van der Waals surface area contributed by atoms with E-state index in [9.17, 15) is 4.39 Å². The summed E-state index contributed by atoms with van der Waals surface area (Å²) in [5.74, 6) is -0.0511. The van der Waals surface area contributed by atoms with Crippen molar-refractivity contribution in [2.45, 2.75) is 31.7 Å². The van der Waals surface area contributed by atoms with Gasteiger partial charge in [-0.15, -0.1) is 0 Å². The highest BCUT2D eigenvalue weighted by Gasteiger charge is 2.27. The normalized spacial score (nSPS) is 22.1.